The van der Waals surface area contributed by atoms with Crippen LogP contribution in [0.3, 0.4) is 0 Å². The van der Waals surface area contributed by atoms with E-state index in [2.05, 4.69) is 128 Å². The maximum absolute atomic E-state index is 9.80. The minimum absolute atomic E-state index is 0.104. The molecule has 0 fully saturated rings. The number of nitriles is 2. The van der Waals surface area contributed by atoms with Crippen molar-refractivity contribution < 1.29 is 0 Å². The van der Waals surface area contributed by atoms with Gasteiger partial charge in [-0.15, -0.1) is 0 Å². The number of hydrogen-bond donors (Lipinski definition) is 0. The van der Waals surface area contributed by atoms with Crippen molar-refractivity contribution in [1.82, 2.24) is 0 Å². The maximum atomic E-state index is 9.80. The fourth-order valence-corrected chi connectivity index (χ4v) is 7.09. The van der Waals surface area contributed by atoms with E-state index in [-0.39, 0.29) is 5.41 Å². The van der Waals surface area contributed by atoms with Gasteiger partial charge in [-0.3, -0.25) is 0 Å². The Labute approximate surface area is 244 Å². The molecule has 0 spiro atoms. The highest BCUT2D eigenvalue weighted by Gasteiger charge is 2.36. The van der Waals surface area contributed by atoms with Gasteiger partial charge in [-0.05, 0) is 97.5 Å². The molecule has 0 amide bonds. The number of rotatable bonds is 2. The van der Waals surface area contributed by atoms with E-state index in [9.17, 15) is 10.5 Å². The van der Waals surface area contributed by atoms with Crippen molar-refractivity contribution in [1.29, 1.82) is 10.5 Å². The van der Waals surface area contributed by atoms with Crippen LogP contribution < -0.4 is 4.90 Å². The molecule has 196 valence electrons. The summed E-state index contributed by atoms with van der Waals surface area (Å²) in [5.41, 5.74) is 8.69. The van der Waals surface area contributed by atoms with E-state index in [1.165, 1.54) is 44.0 Å². The van der Waals surface area contributed by atoms with Gasteiger partial charge in [0.15, 0.2) is 0 Å². The first-order valence-electron chi connectivity index (χ1n) is 14.1. The molecule has 0 bridgehead atoms. The van der Waals surface area contributed by atoms with Gasteiger partial charge >= 0.3 is 0 Å². The van der Waals surface area contributed by atoms with E-state index in [1.807, 2.05) is 0 Å². The van der Waals surface area contributed by atoms with Crippen molar-refractivity contribution >= 4 is 49.4 Å². The van der Waals surface area contributed by atoms with E-state index in [0.717, 1.165) is 22.0 Å². The minimum atomic E-state index is -0.104. The van der Waals surface area contributed by atoms with E-state index in [0.29, 0.717) is 16.7 Å². The lowest BCUT2D eigenvalue weighted by Crippen LogP contribution is -2.30. The molecule has 7 aromatic rings. The molecule has 0 saturated heterocycles. The molecule has 1 heterocycles. The summed E-state index contributed by atoms with van der Waals surface area (Å²) < 4.78 is 0. The standard InChI is InChI=1S/C39H25N3/c1-39(2)32-10-3-5-12-34(32)42(35-13-6-4-11-33(35)39)31-20-26-16-14-24-18-30(36-28(22-40)8-7-9-29(36)23-41)19-25-15-17-27(21-31)38(26)37(24)25/h3-21H,1-2H3. The molecular formula is C39H25N3. The molecule has 0 radical (unpaired) electrons. The Kier molecular flexibility index (Phi) is 5.00. The van der Waals surface area contributed by atoms with Gasteiger partial charge in [0, 0.05) is 16.7 Å². The summed E-state index contributed by atoms with van der Waals surface area (Å²) in [6.45, 7) is 4.62. The number of para-hydroxylation sites is 2. The Morgan fingerprint density at radius 2 is 1.00 bits per heavy atom. The van der Waals surface area contributed by atoms with Crippen LogP contribution in [-0.2, 0) is 5.41 Å². The second kappa shape index (κ2) is 8.68. The predicted molar refractivity (Wildman–Crippen MR) is 172 cm³/mol. The van der Waals surface area contributed by atoms with Crippen LogP contribution in [0.1, 0.15) is 36.1 Å². The van der Waals surface area contributed by atoms with Crippen LogP contribution in [0.5, 0.6) is 0 Å². The fourth-order valence-electron chi connectivity index (χ4n) is 7.09. The molecule has 3 heteroatoms. The Bertz CT molecular complexity index is 2160. The van der Waals surface area contributed by atoms with Crippen LogP contribution in [0.2, 0.25) is 0 Å². The molecular weight excluding hydrogens is 510 g/mol. The molecule has 0 unspecified atom stereocenters. The van der Waals surface area contributed by atoms with Gasteiger partial charge in [-0.2, -0.15) is 10.5 Å². The maximum Gasteiger partial charge on any atom is 0.0998 e. The molecule has 1 aliphatic heterocycles. The quantitative estimate of drug-likeness (QED) is 0.207. The zero-order valence-electron chi connectivity index (χ0n) is 23.3. The van der Waals surface area contributed by atoms with Gasteiger partial charge in [0.25, 0.3) is 0 Å². The summed E-state index contributed by atoms with van der Waals surface area (Å²) in [5, 5.41) is 26.6. The first kappa shape index (κ1) is 24.2. The second-order valence-electron chi connectivity index (χ2n) is 11.6. The van der Waals surface area contributed by atoms with Crippen molar-refractivity contribution in [3.05, 3.63) is 138 Å². The van der Waals surface area contributed by atoms with Gasteiger partial charge in [-0.1, -0.05) is 80.6 Å². The normalized spacial score (nSPS) is 13.6. The van der Waals surface area contributed by atoms with Crippen LogP contribution in [0, 0.1) is 22.7 Å². The van der Waals surface area contributed by atoms with Gasteiger partial charge in [0.2, 0.25) is 0 Å². The number of benzene rings is 7. The number of anilines is 3. The fraction of sp³-hybridized carbons (Fsp3) is 0.0769. The Balaban J connectivity index is 1.37. The van der Waals surface area contributed by atoms with Crippen molar-refractivity contribution in [2.24, 2.45) is 0 Å². The number of fused-ring (bicyclic) bond motifs is 2. The summed E-state index contributed by atoms with van der Waals surface area (Å²) in [4.78, 5) is 2.41. The molecule has 0 saturated carbocycles. The van der Waals surface area contributed by atoms with Crippen LogP contribution in [0.4, 0.5) is 17.1 Å². The number of hydrogen-bond acceptors (Lipinski definition) is 3. The molecule has 3 nitrogen and oxygen atoms in total. The first-order chi connectivity index (χ1) is 20.5. The summed E-state index contributed by atoms with van der Waals surface area (Å²) in [6.07, 6.45) is 0. The molecule has 0 aromatic heterocycles. The SMILES string of the molecule is CC1(C)c2ccccc2N(c2cc3ccc4cc(-c5c(C#N)cccc5C#N)cc5ccc(c2)c3c45)c2ccccc21. The van der Waals surface area contributed by atoms with E-state index in [1.54, 1.807) is 18.2 Å². The molecule has 0 N–H and O–H groups in total. The summed E-state index contributed by atoms with van der Waals surface area (Å²) >= 11 is 0. The highest BCUT2D eigenvalue weighted by atomic mass is 15.2. The van der Waals surface area contributed by atoms with E-state index < -0.39 is 0 Å². The lowest BCUT2D eigenvalue weighted by molar-refractivity contribution is 0.632. The van der Waals surface area contributed by atoms with Gasteiger partial charge in [0.1, 0.15) is 0 Å². The highest BCUT2D eigenvalue weighted by molar-refractivity contribution is 6.24. The molecule has 7 aromatic carbocycles. The number of nitrogens with zero attached hydrogens (tertiary/aromatic N) is 3. The van der Waals surface area contributed by atoms with Gasteiger partial charge in [-0.25, -0.2) is 0 Å². The first-order valence-corrected chi connectivity index (χ1v) is 14.1. The van der Waals surface area contributed by atoms with E-state index in [4.69, 9.17) is 0 Å². The highest BCUT2D eigenvalue weighted by Crippen LogP contribution is 2.52. The smallest absolute Gasteiger partial charge is 0.0998 e. The van der Waals surface area contributed by atoms with Crippen LogP contribution in [0.25, 0.3) is 43.4 Å². The monoisotopic (exact) mass is 535 g/mol. The topological polar surface area (TPSA) is 50.8 Å². The minimum Gasteiger partial charge on any atom is -0.310 e. The lowest BCUT2D eigenvalue weighted by Gasteiger charge is -2.42. The molecule has 8 rings (SSSR count). The van der Waals surface area contributed by atoms with Crippen LogP contribution >= 0.6 is 0 Å². The second-order valence-corrected chi connectivity index (χ2v) is 11.6. The largest absolute Gasteiger partial charge is 0.310 e. The van der Waals surface area contributed by atoms with Gasteiger partial charge < -0.3 is 4.90 Å². The molecule has 1 aliphatic rings. The average molecular weight is 536 g/mol. The summed E-state index contributed by atoms with van der Waals surface area (Å²) in [6, 6.07) is 44.9. The Morgan fingerprint density at radius 1 is 0.548 bits per heavy atom. The summed E-state index contributed by atoms with van der Waals surface area (Å²) in [5.74, 6) is 0. The van der Waals surface area contributed by atoms with Crippen molar-refractivity contribution in [3.63, 3.8) is 0 Å². The zero-order chi connectivity index (χ0) is 28.6. The van der Waals surface area contributed by atoms with Crippen LogP contribution in [-0.4, -0.2) is 0 Å². The van der Waals surface area contributed by atoms with Gasteiger partial charge in [0.05, 0.1) is 34.6 Å². The lowest BCUT2D eigenvalue weighted by atomic mass is 9.73. The predicted octanol–water partition coefficient (Wildman–Crippen LogP) is 10.1. The third kappa shape index (κ3) is 3.26. The Hall–Kier alpha value is -5.64. The van der Waals surface area contributed by atoms with Crippen molar-refractivity contribution in [2.75, 3.05) is 4.90 Å². The third-order valence-electron chi connectivity index (χ3n) is 9.01. The average Bonchev–Trinajstić information content (AvgIpc) is 3.03. The molecule has 0 atom stereocenters. The van der Waals surface area contributed by atoms with E-state index >= 15 is 0 Å². The van der Waals surface area contributed by atoms with Crippen molar-refractivity contribution in [3.8, 4) is 23.3 Å². The Morgan fingerprint density at radius 3 is 1.48 bits per heavy atom. The van der Waals surface area contributed by atoms with Crippen LogP contribution in [0.15, 0.2) is 115 Å². The molecule has 42 heavy (non-hydrogen) atoms. The summed E-state index contributed by atoms with van der Waals surface area (Å²) in [7, 11) is 0. The third-order valence-corrected chi connectivity index (χ3v) is 9.01. The zero-order valence-corrected chi connectivity index (χ0v) is 23.3. The molecule has 0 aliphatic carbocycles. The van der Waals surface area contributed by atoms with Crippen molar-refractivity contribution in [2.45, 2.75) is 19.3 Å².